The van der Waals surface area contributed by atoms with Crippen LogP contribution in [0.1, 0.15) is 60.9 Å². The largest absolute Gasteiger partial charge is 0.487 e. The molecule has 7 heteroatoms. The fraction of sp³-hybridized carbons (Fsp3) is 0.355. The number of hydrogen-bond donors (Lipinski definition) is 1. The molecule has 0 saturated carbocycles. The first kappa shape index (κ1) is 27.6. The quantitative estimate of drug-likeness (QED) is 0.317. The van der Waals surface area contributed by atoms with Gasteiger partial charge in [-0.05, 0) is 65.3 Å². The molecule has 0 fully saturated rings. The topological polar surface area (TPSA) is 66.8 Å². The van der Waals surface area contributed by atoms with E-state index in [0.717, 1.165) is 29.7 Å². The number of rotatable bonds is 10. The van der Waals surface area contributed by atoms with Gasteiger partial charge in [-0.25, -0.2) is 4.39 Å². The van der Waals surface area contributed by atoms with Crippen LogP contribution in [-0.4, -0.2) is 34.0 Å². The van der Waals surface area contributed by atoms with Crippen molar-refractivity contribution in [3.8, 4) is 5.75 Å². The molecule has 1 amide bonds. The summed E-state index contributed by atoms with van der Waals surface area (Å²) in [6.45, 7) is 6.09. The molecule has 1 heterocycles. The molecule has 200 valence electrons. The number of benzene rings is 3. The highest BCUT2D eigenvalue weighted by Crippen LogP contribution is 2.38. The number of amides is 1. The average Bonchev–Trinajstić information content (AvgIpc) is 3.19. The number of aryl methyl sites for hydroxylation is 1. The number of carboxylic acids is 1. The second-order valence-electron chi connectivity index (χ2n) is 10.6. The van der Waals surface area contributed by atoms with Gasteiger partial charge in [0.1, 0.15) is 23.7 Å². The second kappa shape index (κ2) is 11.6. The Morgan fingerprint density at radius 1 is 1.05 bits per heavy atom. The van der Waals surface area contributed by atoms with Gasteiger partial charge in [-0.1, -0.05) is 67.9 Å². The maximum Gasteiger partial charge on any atom is 0.323 e. The first-order chi connectivity index (χ1) is 18.0. The predicted octanol–water partition coefficient (Wildman–Crippen LogP) is 6.58. The lowest BCUT2D eigenvalue weighted by molar-refractivity contribution is -0.144. The summed E-state index contributed by atoms with van der Waals surface area (Å²) in [7, 11) is 0. The molecule has 1 aliphatic heterocycles. The van der Waals surface area contributed by atoms with E-state index in [1.165, 1.54) is 34.2 Å². The summed E-state index contributed by atoms with van der Waals surface area (Å²) in [6.07, 6.45) is 2.19. The summed E-state index contributed by atoms with van der Waals surface area (Å²) in [5, 5.41) is 9.23. The Morgan fingerprint density at radius 3 is 2.39 bits per heavy atom. The summed E-state index contributed by atoms with van der Waals surface area (Å²) in [6, 6.07) is 18.8. The zero-order chi connectivity index (χ0) is 27.4. The molecule has 0 unspecified atom stereocenters. The Labute approximate surface area is 228 Å². The summed E-state index contributed by atoms with van der Waals surface area (Å²) < 4.78 is 19.8. The zero-order valence-corrected chi connectivity index (χ0v) is 22.7. The third-order valence-electron chi connectivity index (χ3n) is 6.93. The number of aliphatic carboxylic acids is 1. The lowest BCUT2D eigenvalue weighted by atomic mass is 9.90. The van der Waals surface area contributed by atoms with E-state index >= 15 is 0 Å². The van der Waals surface area contributed by atoms with Crippen LogP contribution in [0.5, 0.6) is 5.75 Å². The average molecular weight is 538 g/mol. The third kappa shape index (κ3) is 6.93. The molecule has 0 saturated heterocycles. The van der Waals surface area contributed by atoms with Crippen molar-refractivity contribution in [2.24, 2.45) is 0 Å². The van der Waals surface area contributed by atoms with E-state index in [1.54, 1.807) is 0 Å². The lowest BCUT2D eigenvalue weighted by Gasteiger charge is -2.24. The van der Waals surface area contributed by atoms with Crippen LogP contribution in [0, 0.1) is 5.82 Å². The highest BCUT2D eigenvalue weighted by molar-refractivity contribution is 6.30. The van der Waals surface area contributed by atoms with Gasteiger partial charge in [-0.15, -0.1) is 0 Å². The highest BCUT2D eigenvalue weighted by atomic mass is 35.5. The second-order valence-corrected chi connectivity index (χ2v) is 11.0. The van der Waals surface area contributed by atoms with Crippen LogP contribution in [0.3, 0.4) is 0 Å². The summed E-state index contributed by atoms with van der Waals surface area (Å²) in [5.74, 6) is -0.609. The van der Waals surface area contributed by atoms with Crippen LogP contribution in [0.25, 0.3) is 0 Å². The molecule has 1 atom stereocenters. The normalized spacial score (nSPS) is 16.3. The van der Waals surface area contributed by atoms with Crippen LogP contribution in [-0.2, 0) is 35.4 Å². The molecule has 5 nitrogen and oxygen atoms in total. The monoisotopic (exact) mass is 537 g/mol. The molecule has 0 aromatic heterocycles. The van der Waals surface area contributed by atoms with Gasteiger partial charge in [0.05, 0.1) is 5.02 Å². The smallest absolute Gasteiger partial charge is 0.323 e. The van der Waals surface area contributed by atoms with Crippen LogP contribution in [0.4, 0.5) is 4.39 Å². The van der Waals surface area contributed by atoms with Gasteiger partial charge in [0.2, 0.25) is 5.91 Å². The fourth-order valence-electron chi connectivity index (χ4n) is 4.94. The maximum absolute atomic E-state index is 13.5. The van der Waals surface area contributed by atoms with Gasteiger partial charge in [0, 0.05) is 25.8 Å². The van der Waals surface area contributed by atoms with E-state index in [-0.39, 0.29) is 29.5 Å². The van der Waals surface area contributed by atoms with Gasteiger partial charge < -0.3 is 14.7 Å². The van der Waals surface area contributed by atoms with E-state index in [2.05, 4.69) is 51.1 Å². The predicted molar refractivity (Wildman–Crippen MR) is 146 cm³/mol. The summed E-state index contributed by atoms with van der Waals surface area (Å²) in [5.41, 5.74) is 4.88. The van der Waals surface area contributed by atoms with Crippen LogP contribution in [0.15, 0.2) is 60.7 Å². The highest BCUT2D eigenvalue weighted by Gasteiger charge is 2.35. The molecule has 0 radical (unpaired) electrons. The molecular formula is C31H33ClFNO4. The SMILES string of the molecule is CC(C)c1ccc(C[C@]2(C)Cc3cc(CCC(=O)N(CC(=O)O)Cc4ccc(F)c(Cl)c4)ccc3O2)cc1. The standard InChI is InChI=1S/C31H33ClFNO4/c1-20(2)24-9-4-22(5-10-24)16-31(3)17-25-14-21(7-12-28(25)38-31)8-13-29(35)34(19-30(36)37)18-23-6-11-27(33)26(32)15-23/h4-7,9-12,14-15,20H,8,13,16-19H2,1-3H3,(H,36,37)/t31-/m1/s1. The number of ether oxygens (including phenoxy) is 1. The number of halogens is 2. The van der Waals surface area contributed by atoms with E-state index < -0.39 is 18.3 Å². The molecule has 3 aromatic rings. The van der Waals surface area contributed by atoms with Crippen molar-refractivity contribution in [3.63, 3.8) is 0 Å². The fourth-order valence-corrected chi connectivity index (χ4v) is 5.15. The molecule has 4 rings (SSSR count). The minimum absolute atomic E-state index is 0.0413. The Hall–Kier alpha value is -3.38. The number of carboxylic acid groups (broad SMARTS) is 1. The zero-order valence-electron chi connectivity index (χ0n) is 22.0. The minimum atomic E-state index is -1.11. The summed E-state index contributed by atoms with van der Waals surface area (Å²) >= 11 is 5.85. The molecule has 0 aliphatic carbocycles. The number of carbonyl (C=O) groups is 2. The molecule has 1 aliphatic rings. The van der Waals surface area contributed by atoms with E-state index in [9.17, 15) is 19.1 Å². The number of carbonyl (C=O) groups excluding carboxylic acids is 1. The first-order valence-electron chi connectivity index (χ1n) is 12.8. The third-order valence-corrected chi connectivity index (χ3v) is 7.22. The molecule has 1 N–H and O–H groups in total. The van der Waals surface area contributed by atoms with Crippen molar-refractivity contribution >= 4 is 23.5 Å². The van der Waals surface area contributed by atoms with Gasteiger partial charge >= 0.3 is 5.97 Å². The first-order valence-corrected chi connectivity index (χ1v) is 13.2. The van der Waals surface area contributed by atoms with E-state index in [0.29, 0.717) is 17.9 Å². The Kier molecular flexibility index (Phi) is 8.41. The number of fused-ring (bicyclic) bond motifs is 1. The van der Waals surface area contributed by atoms with Crippen molar-refractivity contribution in [2.75, 3.05) is 6.54 Å². The van der Waals surface area contributed by atoms with Gasteiger partial charge in [0.25, 0.3) is 0 Å². The van der Waals surface area contributed by atoms with Crippen LogP contribution < -0.4 is 4.74 Å². The van der Waals surface area contributed by atoms with Crippen molar-refractivity contribution in [1.29, 1.82) is 0 Å². The van der Waals surface area contributed by atoms with E-state index in [1.807, 2.05) is 12.1 Å². The van der Waals surface area contributed by atoms with Crippen molar-refractivity contribution < 1.29 is 23.8 Å². The molecule has 0 spiro atoms. The van der Waals surface area contributed by atoms with Crippen LogP contribution >= 0.6 is 11.6 Å². The Morgan fingerprint density at radius 2 is 1.74 bits per heavy atom. The Bertz CT molecular complexity index is 1320. The number of hydrogen-bond acceptors (Lipinski definition) is 3. The van der Waals surface area contributed by atoms with Crippen molar-refractivity contribution in [1.82, 2.24) is 4.90 Å². The van der Waals surface area contributed by atoms with Crippen molar-refractivity contribution in [2.45, 2.75) is 64.5 Å². The molecule has 3 aromatic carbocycles. The molecular weight excluding hydrogens is 505 g/mol. The van der Waals surface area contributed by atoms with Crippen molar-refractivity contribution in [3.05, 3.63) is 99.3 Å². The minimum Gasteiger partial charge on any atom is -0.487 e. The molecule has 38 heavy (non-hydrogen) atoms. The van der Waals surface area contributed by atoms with E-state index in [4.69, 9.17) is 16.3 Å². The van der Waals surface area contributed by atoms with Gasteiger partial charge in [-0.3, -0.25) is 9.59 Å². The summed E-state index contributed by atoms with van der Waals surface area (Å²) in [4.78, 5) is 25.6. The Balaban J connectivity index is 1.38. The van der Waals surface area contributed by atoms with Gasteiger partial charge in [0.15, 0.2) is 0 Å². The lowest BCUT2D eigenvalue weighted by Crippen LogP contribution is -2.35. The number of nitrogens with zero attached hydrogens (tertiary/aromatic N) is 1. The maximum atomic E-state index is 13.5. The molecule has 0 bridgehead atoms. The van der Waals surface area contributed by atoms with Gasteiger partial charge in [-0.2, -0.15) is 0 Å². The van der Waals surface area contributed by atoms with Crippen LogP contribution in [0.2, 0.25) is 5.02 Å².